The Morgan fingerprint density at radius 2 is 1.66 bits per heavy atom. The van der Waals surface area contributed by atoms with Crippen LogP contribution in [0.15, 0.2) is 41.6 Å². The molecule has 3 aliphatic rings. The second-order valence-electron chi connectivity index (χ2n) is 9.88. The number of carbonyl (C=O) groups is 1. The Kier molecular flexibility index (Phi) is 6.43. The van der Waals surface area contributed by atoms with Crippen molar-refractivity contribution in [2.24, 2.45) is 11.1 Å². The van der Waals surface area contributed by atoms with Crippen LogP contribution in [0.2, 0.25) is 10.0 Å². The third-order valence-corrected chi connectivity index (χ3v) is 8.21. The Hall–Kier alpha value is -2.50. The molecule has 1 atom stereocenters. The van der Waals surface area contributed by atoms with E-state index in [2.05, 4.69) is 5.16 Å². The van der Waals surface area contributed by atoms with Gasteiger partial charge in [0.05, 0.1) is 34.4 Å². The van der Waals surface area contributed by atoms with E-state index in [0.29, 0.717) is 11.6 Å². The number of β-amino-alcohol motifs (C(OH)–C–C–N with tert-alkyl or cyclic N) is 1. The Morgan fingerprint density at radius 1 is 1.03 bits per heavy atom. The average molecular weight is 581 g/mol. The van der Waals surface area contributed by atoms with E-state index in [1.54, 1.807) is 4.90 Å². The standard InChI is InChI=1S/C25H20Cl2F6N2O3/c26-18-9-16(8-17(20(18)27)24(28,29)30)23(25(31,32)33)10-19(34-38-23)13-4-6-15(7-5-13)22(37)11-35(12-22)21(36)14-2-1-3-14/h4-9,14,37H,1-3,10-12H2. The lowest BCUT2D eigenvalue weighted by molar-refractivity contribution is -0.276. The topological polar surface area (TPSA) is 62.1 Å². The number of likely N-dealkylation sites (tertiary alicyclic amines) is 1. The van der Waals surface area contributed by atoms with E-state index in [-0.39, 0.29) is 42.3 Å². The van der Waals surface area contributed by atoms with E-state index in [1.165, 1.54) is 24.3 Å². The van der Waals surface area contributed by atoms with E-state index in [1.807, 2.05) is 0 Å². The van der Waals surface area contributed by atoms with Crippen LogP contribution in [0.5, 0.6) is 0 Å². The van der Waals surface area contributed by atoms with Crippen LogP contribution in [0.4, 0.5) is 26.3 Å². The molecule has 0 aromatic heterocycles. The monoisotopic (exact) mass is 580 g/mol. The maximum atomic E-state index is 14.3. The molecule has 2 heterocycles. The zero-order valence-corrected chi connectivity index (χ0v) is 21.0. The molecule has 0 spiro atoms. The van der Waals surface area contributed by atoms with E-state index in [4.69, 9.17) is 28.0 Å². The van der Waals surface area contributed by atoms with Crippen LogP contribution < -0.4 is 0 Å². The second kappa shape index (κ2) is 9.02. The fraction of sp³-hybridized carbons (Fsp3) is 0.440. The Morgan fingerprint density at radius 3 is 2.18 bits per heavy atom. The maximum absolute atomic E-state index is 14.3. The molecule has 1 saturated heterocycles. The molecule has 1 amide bonds. The molecule has 0 bridgehead atoms. The van der Waals surface area contributed by atoms with Gasteiger partial charge in [-0.2, -0.15) is 26.3 Å². The van der Waals surface area contributed by atoms with Gasteiger partial charge in [-0.25, -0.2) is 0 Å². The molecule has 2 aromatic rings. The Bertz CT molecular complexity index is 1300. The van der Waals surface area contributed by atoms with Crippen molar-refractivity contribution in [1.29, 1.82) is 0 Å². The van der Waals surface area contributed by atoms with Gasteiger partial charge in [0.1, 0.15) is 5.60 Å². The van der Waals surface area contributed by atoms with E-state index in [9.17, 15) is 36.2 Å². The van der Waals surface area contributed by atoms with Gasteiger partial charge in [0.2, 0.25) is 5.91 Å². The minimum Gasteiger partial charge on any atom is -0.381 e. The molecule has 5 nitrogen and oxygen atoms in total. The van der Waals surface area contributed by atoms with Crippen LogP contribution in [-0.2, 0) is 27.0 Å². The smallest absolute Gasteiger partial charge is 0.381 e. The first-order chi connectivity index (χ1) is 17.6. The summed E-state index contributed by atoms with van der Waals surface area (Å²) in [4.78, 5) is 18.8. The number of aliphatic hydroxyl groups is 1. The summed E-state index contributed by atoms with van der Waals surface area (Å²) >= 11 is 11.4. The van der Waals surface area contributed by atoms with Crippen LogP contribution in [0.25, 0.3) is 0 Å². The second-order valence-corrected chi connectivity index (χ2v) is 10.7. The van der Waals surface area contributed by atoms with E-state index < -0.39 is 51.1 Å². The van der Waals surface area contributed by atoms with Crippen LogP contribution in [0, 0.1) is 5.92 Å². The number of nitrogens with zero attached hydrogens (tertiary/aromatic N) is 2. The fourth-order valence-corrected chi connectivity index (χ4v) is 5.33. The lowest BCUT2D eigenvalue weighted by Gasteiger charge is -2.48. The fourth-order valence-electron chi connectivity index (χ4n) is 4.90. The van der Waals surface area contributed by atoms with Gasteiger partial charge in [0.25, 0.3) is 5.60 Å². The van der Waals surface area contributed by atoms with Crippen molar-refractivity contribution >= 4 is 34.8 Å². The Labute approximate surface area is 222 Å². The molecule has 1 aliphatic carbocycles. The molecule has 38 heavy (non-hydrogen) atoms. The highest BCUT2D eigenvalue weighted by Crippen LogP contribution is 2.51. The lowest BCUT2D eigenvalue weighted by Crippen LogP contribution is -2.62. The molecule has 0 radical (unpaired) electrons. The number of halogens is 8. The largest absolute Gasteiger partial charge is 0.435 e. The summed E-state index contributed by atoms with van der Waals surface area (Å²) < 4.78 is 83.1. The first kappa shape index (κ1) is 27.1. The number of carbonyl (C=O) groups excluding carboxylic acids is 1. The molecule has 2 aliphatic heterocycles. The predicted octanol–water partition coefficient (Wildman–Crippen LogP) is 6.42. The molecule has 1 unspecified atom stereocenters. The van der Waals surface area contributed by atoms with Gasteiger partial charge in [0.15, 0.2) is 0 Å². The van der Waals surface area contributed by atoms with Crippen LogP contribution >= 0.6 is 23.2 Å². The van der Waals surface area contributed by atoms with Crippen LogP contribution in [0.3, 0.4) is 0 Å². The van der Waals surface area contributed by atoms with Gasteiger partial charge < -0.3 is 14.8 Å². The lowest BCUT2D eigenvalue weighted by atomic mass is 9.80. The number of benzene rings is 2. The summed E-state index contributed by atoms with van der Waals surface area (Å²) in [5, 5.41) is 12.8. The highest BCUT2D eigenvalue weighted by molar-refractivity contribution is 6.42. The van der Waals surface area contributed by atoms with Gasteiger partial charge >= 0.3 is 12.4 Å². The average Bonchev–Trinajstić information content (AvgIpc) is 3.24. The highest BCUT2D eigenvalue weighted by atomic mass is 35.5. The molecule has 5 rings (SSSR count). The highest BCUT2D eigenvalue weighted by Gasteiger charge is 2.63. The number of hydrogen-bond acceptors (Lipinski definition) is 4. The molecule has 1 N–H and O–H groups in total. The number of rotatable bonds is 4. The molecular formula is C25H20Cl2F6N2O3. The normalized spacial score (nSPS) is 23.4. The van der Waals surface area contributed by atoms with Crippen molar-refractivity contribution in [2.45, 2.75) is 49.2 Å². The molecular weight excluding hydrogens is 561 g/mol. The minimum atomic E-state index is -5.16. The zero-order chi connectivity index (χ0) is 27.7. The number of hydrogen-bond donors (Lipinski definition) is 1. The van der Waals surface area contributed by atoms with Crippen molar-refractivity contribution in [1.82, 2.24) is 4.90 Å². The SMILES string of the molecule is O=C(C1CCC1)N1CC(O)(c2ccc(C3=NOC(c4cc(Cl)c(Cl)c(C(F)(F)F)c4)(C(F)(F)F)C3)cc2)C1. The van der Waals surface area contributed by atoms with E-state index in [0.717, 1.165) is 19.3 Å². The van der Waals surface area contributed by atoms with Gasteiger partial charge in [-0.1, -0.05) is 59.0 Å². The summed E-state index contributed by atoms with van der Waals surface area (Å²) in [7, 11) is 0. The van der Waals surface area contributed by atoms with Gasteiger partial charge in [0, 0.05) is 17.9 Å². The molecule has 204 valence electrons. The molecule has 2 fully saturated rings. The first-order valence-electron chi connectivity index (χ1n) is 11.7. The quantitative estimate of drug-likeness (QED) is 0.424. The first-order valence-corrected chi connectivity index (χ1v) is 12.4. The summed E-state index contributed by atoms with van der Waals surface area (Å²) in [5.41, 5.74) is -6.37. The van der Waals surface area contributed by atoms with Crippen molar-refractivity contribution in [3.8, 4) is 0 Å². The number of alkyl halides is 6. The van der Waals surface area contributed by atoms with Gasteiger partial charge in [-0.15, -0.1) is 0 Å². The minimum absolute atomic E-state index is 0.000985. The van der Waals surface area contributed by atoms with Crippen molar-refractivity contribution in [3.05, 3.63) is 68.7 Å². The summed E-state index contributed by atoms with van der Waals surface area (Å²) in [6.07, 6.45) is -8.44. The van der Waals surface area contributed by atoms with Crippen molar-refractivity contribution in [2.75, 3.05) is 13.1 Å². The zero-order valence-electron chi connectivity index (χ0n) is 19.5. The van der Waals surface area contributed by atoms with Crippen molar-refractivity contribution < 1.29 is 41.1 Å². The molecule has 2 aromatic carbocycles. The Balaban J connectivity index is 1.37. The van der Waals surface area contributed by atoms with Gasteiger partial charge in [-0.3, -0.25) is 4.79 Å². The molecule has 13 heteroatoms. The number of oxime groups is 1. The summed E-state index contributed by atoms with van der Waals surface area (Å²) in [6, 6.07) is 6.86. The maximum Gasteiger partial charge on any atom is 0.435 e. The van der Waals surface area contributed by atoms with Crippen LogP contribution in [0.1, 0.15) is 47.9 Å². The molecule has 1 saturated carbocycles. The van der Waals surface area contributed by atoms with Crippen molar-refractivity contribution in [3.63, 3.8) is 0 Å². The van der Waals surface area contributed by atoms with Gasteiger partial charge in [-0.05, 0) is 36.1 Å². The van der Waals surface area contributed by atoms with Crippen LogP contribution in [-0.4, -0.2) is 40.9 Å². The third kappa shape index (κ3) is 4.42. The van der Waals surface area contributed by atoms with E-state index >= 15 is 0 Å². The summed E-state index contributed by atoms with van der Waals surface area (Å²) in [5.74, 6) is 0.00779. The summed E-state index contributed by atoms with van der Waals surface area (Å²) in [6.45, 7) is 0.226. The predicted molar refractivity (Wildman–Crippen MR) is 126 cm³/mol. The third-order valence-electron chi connectivity index (χ3n) is 7.41. The number of amides is 1.